The predicted molar refractivity (Wildman–Crippen MR) is 60.8 cm³/mol. The monoisotopic (exact) mass is 224 g/mol. The minimum atomic E-state index is -0.486. The normalized spacial score (nSPS) is 29.1. The molecule has 1 unspecified atom stereocenters. The molecule has 4 nitrogen and oxygen atoms in total. The van der Waals surface area contributed by atoms with Gasteiger partial charge in [0.1, 0.15) is 0 Å². The highest BCUT2D eigenvalue weighted by Crippen LogP contribution is 2.31. The lowest BCUT2D eigenvalue weighted by atomic mass is 9.92. The average Bonchev–Trinajstić information content (AvgIpc) is 2.74. The van der Waals surface area contributed by atoms with Gasteiger partial charge in [0.05, 0.1) is 5.41 Å². The molecular weight excluding hydrogens is 204 g/mol. The van der Waals surface area contributed by atoms with Crippen LogP contribution in [0.25, 0.3) is 0 Å². The van der Waals surface area contributed by atoms with Gasteiger partial charge in [0.2, 0.25) is 11.8 Å². The zero-order valence-electron chi connectivity index (χ0n) is 10.1. The number of nitrogens with zero attached hydrogens (tertiary/aromatic N) is 1. The molecular formula is C12H20N2O2. The molecule has 0 aromatic heterocycles. The molecule has 2 aliphatic rings. The number of hydrogen-bond acceptors (Lipinski definition) is 3. The molecule has 16 heavy (non-hydrogen) atoms. The molecule has 0 spiro atoms. The summed E-state index contributed by atoms with van der Waals surface area (Å²) in [4.78, 5) is 25.1. The molecule has 90 valence electrons. The van der Waals surface area contributed by atoms with E-state index in [1.165, 1.54) is 17.7 Å². The van der Waals surface area contributed by atoms with Crippen LogP contribution < -0.4 is 5.32 Å². The predicted octanol–water partition coefficient (Wildman–Crippen LogP) is 0.914. The van der Waals surface area contributed by atoms with Crippen molar-refractivity contribution in [2.45, 2.75) is 45.6 Å². The molecule has 2 aliphatic heterocycles. The zero-order chi connectivity index (χ0) is 11.8. The van der Waals surface area contributed by atoms with E-state index in [0.717, 1.165) is 13.0 Å². The van der Waals surface area contributed by atoms with E-state index < -0.39 is 5.41 Å². The van der Waals surface area contributed by atoms with Crippen molar-refractivity contribution in [2.75, 3.05) is 13.1 Å². The Morgan fingerprint density at radius 3 is 2.69 bits per heavy atom. The second-order valence-corrected chi connectivity index (χ2v) is 5.49. The number of amides is 2. The third kappa shape index (κ3) is 2.12. The summed E-state index contributed by atoms with van der Waals surface area (Å²) in [6.45, 7) is 5.35. The lowest BCUT2D eigenvalue weighted by Gasteiger charge is -2.19. The maximum absolute atomic E-state index is 11.9. The van der Waals surface area contributed by atoms with E-state index >= 15 is 0 Å². The minimum absolute atomic E-state index is 0.00417. The third-order valence-corrected chi connectivity index (χ3v) is 3.58. The number of carbonyl (C=O) groups is 2. The molecule has 2 amide bonds. The summed E-state index contributed by atoms with van der Waals surface area (Å²) in [5.41, 5.74) is -0.486. The highest BCUT2D eigenvalue weighted by molar-refractivity contribution is 6.05. The first-order chi connectivity index (χ1) is 7.50. The smallest absolute Gasteiger partial charge is 0.235 e. The lowest BCUT2D eigenvalue weighted by molar-refractivity contribution is -0.140. The van der Waals surface area contributed by atoms with Gasteiger partial charge in [-0.25, -0.2) is 0 Å². The quantitative estimate of drug-likeness (QED) is 0.725. The summed E-state index contributed by atoms with van der Waals surface area (Å²) in [6.07, 6.45) is 3.63. The van der Waals surface area contributed by atoms with E-state index in [4.69, 9.17) is 0 Å². The number of imide groups is 1. The van der Waals surface area contributed by atoms with E-state index in [1.807, 2.05) is 13.8 Å². The molecule has 4 heteroatoms. The van der Waals surface area contributed by atoms with Crippen LogP contribution in [0, 0.1) is 5.41 Å². The van der Waals surface area contributed by atoms with E-state index in [9.17, 15) is 9.59 Å². The Balaban J connectivity index is 1.89. The molecule has 2 heterocycles. The topological polar surface area (TPSA) is 49.4 Å². The van der Waals surface area contributed by atoms with Crippen LogP contribution in [-0.2, 0) is 9.59 Å². The fraction of sp³-hybridized carbons (Fsp3) is 0.833. The summed E-state index contributed by atoms with van der Waals surface area (Å²) in [6, 6.07) is 0.490. The largest absolute Gasteiger partial charge is 0.314 e. The highest BCUT2D eigenvalue weighted by Gasteiger charge is 2.44. The molecule has 1 atom stereocenters. The average molecular weight is 224 g/mol. The summed E-state index contributed by atoms with van der Waals surface area (Å²) < 4.78 is 0. The number of likely N-dealkylation sites (tertiary alicyclic amines) is 1. The first-order valence-electron chi connectivity index (χ1n) is 6.09. The molecule has 0 aromatic rings. The van der Waals surface area contributed by atoms with Crippen LogP contribution in [0.1, 0.15) is 39.5 Å². The van der Waals surface area contributed by atoms with E-state index in [1.54, 1.807) is 0 Å². The first-order valence-corrected chi connectivity index (χ1v) is 6.09. The lowest BCUT2D eigenvalue weighted by Crippen LogP contribution is -2.36. The summed E-state index contributed by atoms with van der Waals surface area (Å²) in [7, 11) is 0. The van der Waals surface area contributed by atoms with E-state index in [-0.39, 0.29) is 11.8 Å². The number of nitrogens with one attached hydrogen (secondary N) is 1. The van der Waals surface area contributed by atoms with Gasteiger partial charge in [0.15, 0.2) is 0 Å². The molecule has 2 rings (SSSR count). The number of rotatable bonds is 3. The van der Waals surface area contributed by atoms with Gasteiger partial charge in [0.25, 0.3) is 0 Å². The minimum Gasteiger partial charge on any atom is -0.314 e. The molecule has 0 saturated carbocycles. The van der Waals surface area contributed by atoms with Crippen molar-refractivity contribution in [3.05, 3.63) is 0 Å². The van der Waals surface area contributed by atoms with Crippen molar-refractivity contribution in [3.63, 3.8) is 0 Å². The molecule has 2 saturated heterocycles. The molecule has 0 aromatic carbocycles. The first kappa shape index (κ1) is 11.6. The second-order valence-electron chi connectivity index (χ2n) is 5.49. The Labute approximate surface area is 96.4 Å². The Kier molecular flexibility index (Phi) is 3.02. The summed E-state index contributed by atoms with van der Waals surface area (Å²) in [5.74, 6) is -0.0107. The van der Waals surface area contributed by atoms with Crippen LogP contribution >= 0.6 is 0 Å². The van der Waals surface area contributed by atoms with Crippen LogP contribution in [0.4, 0.5) is 0 Å². The molecule has 0 radical (unpaired) electrons. The van der Waals surface area contributed by atoms with Crippen molar-refractivity contribution in [1.82, 2.24) is 10.2 Å². The maximum Gasteiger partial charge on any atom is 0.235 e. The maximum atomic E-state index is 11.9. The van der Waals surface area contributed by atoms with Gasteiger partial charge in [-0.05, 0) is 25.8 Å². The second kappa shape index (κ2) is 4.17. The van der Waals surface area contributed by atoms with Crippen LogP contribution in [0.5, 0.6) is 0 Å². The van der Waals surface area contributed by atoms with Crippen LogP contribution in [-0.4, -0.2) is 35.8 Å². The van der Waals surface area contributed by atoms with Gasteiger partial charge in [-0.1, -0.05) is 13.8 Å². The fourth-order valence-electron chi connectivity index (χ4n) is 2.54. The van der Waals surface area contributed by atoms with Gasteiger partial charge in [-0.2, -0.15) is 0 Å². The van der Waals surface area contributed by atoms with Gasteiger partial charge < -0.3 is 5.32 Å². The van der Waals surface area contributed by atoms with Gasteiger partial charge in [-0.15, -0.1) is 0 Å². The van der Waals surface area contributed by atoms with Crippen molar-refractivity contribution in [1.29, 1.82) is 0 Å². The van der Waals surface area contributed by atoms with Gasteiger partial charge in [-0.3, -0.25) is 14.5 Å². The van der Waals surface area contributed by atoms with Gasteiger partial charge >= 0.3 is 0 Å². The van der Waals surface area contributed by atoms with Gasteiger partial charge in [0, 0.05) is 19.0 Å². The Bertz CT molecular complexity index is 306. The SMILES string of the molecule is CC1(C)CC(=O)N(CCC2CCCN2)C1=O. The van der Waals surface area contributed by atoms with Crippen molar-refractivity contribution < 1.29 is 9.59 Å². The Morgan fingerprint density at radius 2 is 2.19 bits per heavy atom. The standard InChI is InChI=1S/C12H20N2O2/c1-12(2)8-10(15)14(11(12)16)7-5-9-4-3-6-13-9/h9,13H,3-8H2,1-2H3. The summed E-state index contributed by atoms with van der Waals surface area (Å²) >= 11 is 0. The molecule has 1 N–H and O–H groups in total. The van der Waals surface area contributed by atoms with Crippen LogP contribution in [0.15, 0.2) is 0 Å². The third-order valence-electron chi connectivity index (χ3n) is 3.58. The zero-order valence-corrected chi connectivity index (χ0v) is 10.1. The molecule has 2 fully saturated rings. The number of carbonyl (C=O) groups excluding carboxylic acids is 2. The van der Waals surface area contributed by atoms with Crippen molar-refractivity contribution >= 4 is 11.8 Å². The van der Waals surface area contributed by atoms with Crippen LogP contribution in [0.3, 0.4) is 0 Å². The highest BCUT2D eigenvalue weighted by atomic mass is 16.2. The Hall–Kier alpha value is -0.900. The van der Waals surface area contributed by atoms with E-state index in [2.05, 4.69) is 5.32 Å². The van der Waals surface area contributed by atoms with E-state index in [0.29, 0.717) is 19.0 Å². The van der Waals surface area contributed by atoms with Crippen molar-refractivity contribution in [2.24, 2.45) is 5.41 Å². The number of hydrogen-bond donors (Lipinski definition) is 1. The van der Waals surface area contributed by atoms with Crippen LogP contribution in [0.2, 0.25) is 0 Å². The van der Waals surface area contributed by atoms with Crippen molar-refractivity contribution in [3.8, 4) is 0 Å². The molecule has 0 aliphatic carbocycles. The fourth-order valence-corrected chi connectivity index (χ4v) is 2.54. The summed E-state index contributed by atoms with van der Waals surface area (Å²) in [5, 5.41) is 3.38. The Morgan fingerprint density at radius 1 is 1.44 bits per heavy atom. The molecule has 0 bridgehead atoms.